The lowest BCUT2D eigenvalue weighted by Gasteiger charge is -2.21. The Hall–Kier alpha value is -2.29. The lowest BCUT2D eigenvalue weighted by Crippen LogP contribution is -2.23. The van der Waals surface area contributed by atoms with Gasteiger partial charge in [0.15, 0.2) is 6.04 Å². The summed E-state index contributed by atoms with van der Waals surface area (Å²) in [5.41, 5.74) is 4.16. The Morgan fingerprint density at radius 1 is 1.14 bits per heavy atom. The van der Waals surface area contributed by atoms with Gasteiger partial charge in [0.05, 0.1) is 7.11 Å². The zero-order chi connectivity index (χ0) is 15.2. The lowest BCUT2D eigenvalue weighted by molar-refractivity contribution is -0.141. The molecule has 1 unspecified atom stereocenters. The zero-order valence-corrected chi connectivity index (χ0v) is 12.7. The standard InChI is InChI=1S/C18H21NO2/c1-4-14-10-6-7-11-15(14)17(18(20)21-3)19-16-12-8-5-9-13(16)2/h5-12,17,19H,4H2,1-3H3. The molecule has 0 aliphatic rings. The Balaban J connectivity index is 2.40. The third kappa shape index (κ3) is 3.43. The number of anilines is 1. The third-order valence-corrected chi connectivity index (χ3v) is 3.63. The van der Waals surface area contributed by atoms with E-state index in [2.05, 4.69) is 12.2 Å². The molecule has 0 fully saturated rings. The first-order valence-corrected chi connectivity index (χ1v) is 7.15. The first kappa shape index (κ1) is 15.1. The quantitative estimate of drug-likeness (QED) is 0.846. The molecule has 1 atom stereocenters. The van der Waals surface area contributed by atoms with Gasteiger partial charge in [0, 0.05) is 5.69 Å². The minimum atomic E-state index is -0.493. The van der Waals surface area contributed by atoms with E-state index in [0.717, 1.165) is 28.8 Å². The smallest absolute Gasteiger partial charge is 0.332 e. The van der Waals surface area contributed by atoms with Crippen molar-refractivity contribution in [3.63, 3.8) is 0 Å². The highest BCUT2D eigenvalue weighted by molar-refractivity contribution is 5.81. The van der Waals surface area contributed by atoms with E-state index in [4.69, 9.17) is 4.74 Å². The fourth-order valence-electron chi connectivity index (χ4n) is 2.41. The molecule has 21 heavy (non-hydrogen) atoms. The molecule has 2 aromatic carbocycles. The lowest BCUT2D eigenvalue weighted by atomic mass is 9.98. The van der Waals surface area contributed by atoms with E-state index in [1.807, 2.05) is 55.5 Å². The van der Waals surface area contributed by atoms with Crippen LogP contribution in [0.15, 0.2) is 48.5 Å². The molecule has 1 N–H and O–H groups in total. The predicted octanol–water partition coefficient (Wildman–Crippen LogP) is 3.88. The highest BCUT2D eigenvalue weighted by Crippen LogP contribution is 2.26. The molecular formula is C18H21NO2. The zero-order valence-electron chi connectivity index (χ0n) is 12.7. The molecule has 2 rings (SSSR count). The number of rotatable bonds is 5. The molecule has 0 aliphatic carbocycles. The first-order valence-electron chi connectivity index (χ1n) is 7.15. The SMILES string of the molecule is CCc1ccccc1C(Nc1ccccc1C)C(=O)OC. The number of ether oxygens (including phenoxy) is 1. The fraction of sp³-hybridized carbons (Fsp3) is 0.278. The molecule has 0 radical (unpaired) electrons. The van der Waals surface area contributed by atoms with E-state index < -0.39 is 6.04 Å². The van der Waals surface area contributed by atoms with Crippen LogP contribution in [0.1, 0.15) is 29.7 Å². The summed E-state index contributed by atoms with van der Waals surface area (Å²) in [7, 11) is 1.42. The topological polar surface area (TPSA) is 38.3 Å². The summed E-state index contributed by atoms with van der Waals surface area (Å²) in [6.07, 6.45) is 0.874. The van der Waals surface area contributed by atoms with Crippen LogP contribution in [0.5, 0.6) is 0 Å². The van der Waals surface area contributed by atoms with Crippen molar-refractivity contribution >= 4 is 11.7 Å². The van der Waals surface area contributed by atoms with E-state index in [0.29, 0.717) is 0 Å². The number of esters is 1. The van der Waals surface area contributed by atoms with Gasteiger partial charge < -0.3 is 10.1 Å². The number of carbonyl (C=O) groups excluding carboxylic acids is 1. The highest BCUT2D eigenvalue weighted by atomic mass is 16.5. The van der Waals surface area contributed by atoms with Crippen molar-refractivity contribution in [2.45, 2.75) is 26.3 Å². The van der Waals surface area contributed by atoms with Gasteiger partial charge in [0.25, 0.3) is 0 Å². The molecule has 0 aromatic heterocycles. The molecule has 0 spiro atoms. The predicted molar refractivity (Wildman–Crippen MR) is 85.4 cm³/mol. The molecule has 0 saturated heterocycles. The third-order valence-electron chi connectivity index (χ3n) is 3.63. The first-order chi connectivity index (χ1) is 10.2. The van der Waals surface area contributed by atoms with Gasteiger partial charge in [-0.05, 0) is 36.1 Å². The van der Waals surface area contributed by atoms with Crippen LogP contribution in [0, 0.1) is 6.92 Å². The highest BCUT2D eigenvalue weighted by Gasteiger charge is 2.23. The maximum atomic E-state index is 12.2. The molecule has 2 aromatic rings. The van der Waals surface area contributed by atoms with Crippen LogP contribution in [0.4, 0.5) is 5.69 Å². The summed E-state index contributed by atoms with van der Waals surface area (Å²) in [6, 6.07) is 15.4. The monoisotopic (exact) mass is 283 g/mol. The number of para-hydroxylation sites is 1. The number of carbonyl (C=O) groups is 1. The van der Waals surface area contributed by atoms with Gasteiger partial charge in [-0.2, -0.15) is 0 Å². The van der Waals surface area contributed by atoms with E-state index in [-0.39, 0.29) is 5.97 Å². The van der Waals surface area contributed by atoms with Crippen molar-refractivity contribution in [3.05, 3.63) is 65.2 Å². The van der Waals surface area contributed by atoms with Crippen LogP contribution in [0.3, 0.4) is 0 Å². The van der Waals surface area contributed by atoms with Crippen LogP contribution >= 0.6 is 0 Å². The van der Waals surface area contributed by atoms with Crippen LogP contribution in [0.25, 0.3) is 0 Å². The minimum Gasteiger partial charge on any atom is -0.467 e. The van der Waals surface area contributed by atoms with Gasteiger partial charge >= 0.3 is 5.97 Å². The second kappa shape index (κ2) is 6.93. The molecule has 0 bridgehead atoms. The number of nitrogens with one attached hydrogen (secondary N) is 1. The Kier molecular flexibility index (Phi) is 4.99. The van der Waals surface area contributed by atoms with Crippen LogP contribution in [-0.4, -0.2) is 13.1 Å². The van der Waals surface area contributed by atoms with Crippen molar-refractivity contribution < 1.29 is 9.53 Å². The largest absolute Gasteiger partial charge is 0.467 e. The summed E-state index contributed by atoms with van der Waals surface area (Å²) >= 11 is 0. The van der Waals surface area contributed by atoms with Crippen molar-refractivity contribution in [1.82, 2.24) is 0 Å². The summed E-state index contributed by atoms with van der Waals surface area (Å²) in [5, 5.41) is 3.31. The van der Waals surface area contributed by atoms with Gasteiger partial charge in [0.2, 0.25) is 0 Å². The molecule has 0 saturated carbocycles. The fourth-order valence-corrected chi connectivity index (χ4v) is 2.41. The van der Waals surface area contributed by atoms with Crippen LogP contribution in [0.2, 0.25) is 0 Å². The Labute approximate surface area is 126 Å². The molecular weight excluding hydrogens is 262 g/mol. The van der Waals surface area contributed by atoms with Gasteiger partial charge in [-0.25, -0.2) is 4.79 Å². The molecule has 3 heteroatoms. The van der Waals surface area contributed by atoms with Crippen LogP contribution < -0.4 is 5.32 Å². The van der Waals surface area contributed by atoms with Crippen molar-refractivity contribution in [1.29, 1.82) is 0 Å². The number of aryl methyl sites for hydroxylation is 2. The van der Waals surface area contributed by atoms with E-state index >= 15 is 0 Å². The second-order valence-electron chi connectivity index (χ2n) is 4.97. The van der Waals surface area contributed by atoms with E-state index in [1.54, 1.807) is 0 Å². The molecule has 3 nitrogen and oxygen atoms in total. The summed E-state index contributed by atoms with van der Waals surface area (Å²) in [4.78, 5) is 12.2. The number of benzene rings is 2. The molecule has 0 heterocycles. The average Bonchev–Trinajstić information content (AvgIpc) is 2.53. The molecule has 0 aliphatic heterocycles. The van der Waals surface area contributed by atoms with E-state index in [9.17, 15) is 4.79 Å². The molecule has 0 amide bonds. The van der Waals surface area contributed by atoms with Gasteiger partial charge in [-0.1, -0.05) is 49.4 Å². The van der Waals surface area contributed by atoms with Gasteiger partial charge in [0.1, 0.15) is 0 Å². The maximum Gasteiger partial charge on any atom is 0.332 e. The summed E-state index contributed by atoms with van der Waals surface area (Å²) < 4.78 is 4.98. The van der Waals surface area contributed by atoms with Crippen LogP contribution in [-0.2, 0) is 16.0 Å². The minimum absolute atomic E-state index is 0.279. The van der Waals surface area contributed by atoms with Crippen molar-refractivity contribution in [3.8, 4) is 0 Å². The maximum absolute atomic E-state index is 12.2. The summed E-state index contributed by atoms with van der Waals surface area (Å²) in [5.74, 6) is -0.279. The molecule has 110 valence electrons. The Morgan fingerprint density at radius 2 is 1.81 bits per heavy atom. The average molecular weight is 283 g/mol. The number of methoxy groups -OCH3 is 1. The normalized spacial score (nSPS) is 11.8. The second-order valence-corrected chi connectivity index (χ2v) is 4.97. The summed E-state index contributed by atoms with van der Waals surface area (Å²) in [6.45, 7) is 4.10. The number of hydrogen-bond acceptors (Lipinski definition) is 3. The number of hydrogen-bond donors (Lipinski definition) is 1. The Bertz CT molecular complexity index is 622. The van der Waals surface area contributed by atoms with Crippen molar-refractivity contribution in [2.75, 3.05) is 12.4 Å². The van der Waals surface area contributed by atoms with Crippen molar-refractivity contribution in [2.24, 2.45) is 0 Å². The van der Waals surface area contributed by atoms with Gasteiger partial charge in [-0.3, -0.25) is 0 Å². The van der Waals surface area contributed by atoms with E-state index in [1.165, 1.54) is 7.11 Å². The Morgan fingerprint density at radius 3 is 2.48 bits per heavy atom. The van der Waals surface area contributed by atoms with Gasteiger partial charge in [-0.15, -0.1) is 0 Å².